The molecule has 0 unspecified atom stereocenters. The van der Waals surface area contributed by atoms with Crippen LogP contribution in [0.3, 0.4) is 0 Å². The summed E-state index contributed by atoms with van der Waals surface area (Å²) in [7, 11) is 0. The van der Waals surface area contributed by atoms with Gasteiger partial charge in [-0.3, -0.25) is 0 Å². The van der Waals surface area contributed by atoms with Gasteiger partial charge in [0.25, 0.3) is 0 Å². The van der Waals surface area contributed by atoms with Crippen molar-refractivity contribution in [1.82, 2.24) is 0 Å². The number of hydrogen-bond donors (Lipinski definition) is 0. The standard InChI is InChI=1S/C14H24O4.2C8H17.Sn/c1-4-7-8-9-14(5-2,6-3)11(13(17)18)10-12(15)16;2*1-3-5-7-8-6-4-2;/h10H,4-9H2,1-3H3,(H,15,16)(H,17,18);2*1,3-8H2,2H3;/q;;;+2/p-2/b11-10+;;;. The van der Waals surface area contributed by atoms with E-state index in [0.717, 1.165) is 19.3 Å². The molecule has 0 saturated carbocycles. The molecule has 0 aliphatic heterocycles. The monoisotopic (exact) mass is 600 g/mol. The zero-order valence-electron chi connectivity index (χ0n) is 23.9. The molecular formula is C30H56O4Sn. The summed E-state index contributed by atoms with van der Waals surface area (Å²) in [5.74, 6) is -2.88. The van der Waals surface area contributed by atoms with Gasteiger partial charge in [0.05, 0.1) is 11.9 Å². The average molecular weight is 599 g/mol. The zero-order valence-corrected chi connectivity index (χ0v) is 26.7. The van der Waals surface area contributed by atoms with Crippen molar-refractivity contribution in [1.29, 1.82) is 0 Å². The van der Waals surface area contributed by atoms with Crippen molar-refractivity contribution >= 4 is 33.1 Å². The predicted octanol–water partition coefficient (Wildman–Crippen LogP) is 7.05. The van der Waals surface area contributed by atoms with E-state index in [-0.39, 0.29) is 26.7 Å². The van der Waals surface area contributed by atoms with E-state index in [1.165, 1.54) is 64.2 Å². The fourth-order valence-corrected chi connectivity index (χ4v) is 8.13. The Kier molecular flexibility index (Phi) is 27.8. The van der Waals surface area contributed by atoms with E-state index in [1.54, 1.807) is 21.7 Å². The molecule has 0 fully saturated rings. The normalized spacial score (nSPS) is 11.5. The number of carboxylic acids is 2. The van der Waals surface area contributed by atoms with Crippen LogP contribution in [0.2, 0.25) is 8.87 Å². The fraction of sp³-hybridized carbons (Fsp3) is 0.867. The predicted molar refractivity (Wildman–Crippen MR) is 147 cm³/mol. The molecule has 0 rings (SSSR count). The topological polar surface area (TPSA) is 80.3 Å². The van der Waals surface area contributed by atoms with Crippen LogP contribution in [-0.4, -0.2) is 33.1 Å². The van der Waals surface area contributed by atoms with Gasteiger partial charge in [-0.1, -0.05) is 40.0 Å². The first-order chi connectivity index (χ1) is 16.8. The first kappa shape index (κ1) is 36.6. The summed E-state index contributed by atoms with van der Waals surface area (Å²) in [6, 6.07) is 0. The molecule has 0 atom stereocenters. The Bertz CT molecular complexity index is 512. The molecule has 0 heterocycles. The fourth-order valence-electron chi connectivity index (χ4n) is 4.56. The van der Waals surface area contributed by atoms with Gasteiger partial charge in [0.2, 0.25) is 0 Å². The molecule has 0 spiro atoms. The van der Waals surface area contributed by atoms with Crippen molar-refractivity contribution in [3.05, 3.63) is 11.6 Å². The summed E-state index contributed by atoms with van der Waals surface area (Å²) in [5.41, 5.74) is -0.753. The van der Waals surface area contributed by atoms with Crippen molar-refractivity contribution in [3.63, 3.8) is 0 Å². The molecule has 0 aromatic heterocycles. The molecule has 204 valence electrons. The molecule has 0 aliphatic carbocycles. The van der Waals surface area contributed by atoms with Crippen LogP contribution >= 0.6 is 0 Å². The number of carbonyl (C=O) groups is 2. The second-order valence-electron chi connectivity index (χ2n) is 9.89. The number of rotatable bonds is 23. The average Bonchev–Trinajstić information content (AvgIpc) is 2.84. The molecule has 0 amide bonds. The first-order valence-electron chi connectivity index (χ1n) is 14.7. The van der Waals surface area contributed by atoms with Gasteiger partial charge in [0.1, 0.15) is 0 Å². The van der Waals surface area contributed by atoms with Crippen LogP contribution in [-0.2, 0) is 9.59 Å². The minimum absolute atomic E-state index is 0.0736. The van der Waals surface area contributed by atoms with Crippen LogP contribution in [0.4, 0.5) is 0 Å². The number of carbonyl (C=O) groups excluding carboxylic acids is 2. The summed E-state index contributed by atoms with van der Waals surface area (Å²) in [6.45, 7) is 10.4. The minimum atomic E-state index is -1.48. The van der Waals surface area contributed by atoms with Gasteiger partial charge in [-0.25, -0.2) is 0 Å². The second kappa shape index (κ2) is 26.5. The van der Waals surface area contributed by atoms with Crippen molar-refractivity contribution in [2.45, 2.75) is 159 Å². The van der Waals surface area contributed by atoms with Crippen molar-refractivity contribution in [2.75, 3.05) is 0 Å². The third-order valence-electron chi connectivity index (χ3n) is 7.08. The molecular weight excluding hydrogens is 543 g/mol. The van der Waals surface area contributed by atoms with Gasteiger partial charge < -0.3 is 19.8 Å². The van der Waals surface area contributed by atoms with E-state index >= 15 is 0 Å². The summed E-state index contributed by atoms with van der Waals surface area (Å²) >= 11 is 0.0736. The zero-order chi connectivity index (χ0) is 26.8. The number of carboxylic acid groups (broad SMARTS) is 2. The Morgan fingerprint density at radius 3 is 1.40 bits per heavy atom. The van der Waals surface area contributed by atoms with E-state index in [9.17, 15) is 19.8 Å². The summed E-state index contributed by atoms with van der Waals surface area (Å²) < 4.78 is 3.31. The molecule has 0 aromatic rings. The van der Waals surface area contributed by atoms with Crippen LogP contribution < -0.4 is 10.2 Å². The number of hydrogen-bond acceptors (Lipinski definition) is 4. The molecule has 0 saturated heterocycles. The van der Waals surface area contributed by atoms with Gasteiger partial charge >= 0.3 is 121 Å². The third-order valence-corrected chi connectivity index (χ3v) is 11.1. The van der Waals surface area contributed by atoms with Gasteiger partial charge in [-0.05, 0) is 36.3 Å². The molecule has 35 heavy (non-hydrogen) atoms. The van der Waals surface area contributed by atoms with E-state index in [2.05, 4.69) is 20.8 Å². The molecule has 0 aromatic carbocycles. The van der Waals surface area contributed by atoms with E-state index in [0.29, 0.717) is 25.3 Å². The Labute approximate surface area is 228 Å². The van der Waals surface area contributed by atoms with Crippen molar-refractivity contribution < 1.29 is 19.8 Å². The van der Waals surface area contributed by atoms with Gasteiger partial charge in [0, 0.05) is 0 Å². The van der Waals surface area contributed by atoms with E-state index < -0.39 is 17.4 Å². The van der Waals surface area contributed by atoms with Crippen LogP contribution in [0.15, 0.2) is 11.6 Å². The van der Waals surface area contributed by atoms with Crippen molar-refractivity contribution in [2.24, 2.45) is 5.41 Å². The Morgan fingerprint density at radius 2 is 1.03 bits per heavy atom. The van der Waals surface area contributed by atoms with Gasteiger partial charge in [-0.15, -0.1) is 0 Å². The number of aliphatic carboxylic acids is 2. The number of unbranched alkanes of at least 4 members (excludes halogenated alkanes) is 12. The maximum absolute atomic E-state index is 11.2. The molecule has 0 radical (unpaired) electrons. The van der Waals surface area contributed by atoms with Crippen LogP contribution in [0.25, 0.3) is 0 Å². The van der Waals surface area contributed by atoms with Crippen LogP contribution in [0, 0.1) is 5.41 Å². The van der Waals surface area contributed by atoms with Gasteiger partial charge in [-0.2, -0.15) is 0 Å². The van der Waals surface area contributed by atoms with Crippen molar-refractivity contribution in [3.8, 4) is 0 Å². The third kappa shape index (κ3) is 21.3. The molecule has 0 aliphatic rings. The Morgan fingerprint density at radius 1 is 0.629 bits per heavy atom. The summed E-state index contributed by atoms with van der Waals surface area (Å²) in [6.07, 6.45) is 23.3. The Balaban J connectivity index is 0. The van der Waals surface area contributed by atoms with Crippen LogP contribution in [0.1, 0.15) is 150 Å². The molecule has 4 nitrogen and oxygen atoms in total. The quantitative estimate of drug-likeness (QED) is 0.0717. The summed E-state index contributed by atoms with van der Waals surface area (Å²) in [5, 5.41) is 21.8. The van der Waals surface area contributed by atoms with E-state index in [1.807, 2.05) is 13.8 Å². The van der Waals surface area contributed by atoms with Gasteiger partial charge in [0.15, 0.2) is 0 Å². The van der Waals surface area contributed by atoms with Crippen LogP contribution in [0.5, 0.6) is 0 Å². The molecule has 5 heteroatoms. The molecule has 0 N–H and O–H groups in total. The Hall–Kier alpha value is -0.521. The summed E-state index contributed by atoms with van der Waals surface area (Å²) in [4.78, 5) is 21.8. The first-order valence-corrected chi connectivity index (χ1v) is 18.7. The maximum atomic E-state index is 11.2. The SMILES string of the molecule is CCCCCC(CC)(CC)/C(=C/C(=O)[O-])C(=O)[O-].CCCCCCC[CH2][Sn+2][CH2]CCCCCCC. The molecule has 0 bridgehead atoms. The second-order valence-corrected chi connectivity index (χ2v) is 14.2. The van der Waals surface area contributed by atoms with E-state index in [4.69, 9.17) is 0 Å².